The molecule has 3 nitrogen and oxygen atoms in total. The Hall–Kier alpha value is -2.00. The number of methoxy groups -OCH3 is 1. The highest BCUT2D eigenvalue weighted by atomic mass is 16.5. The van der Waals surface area contributed by atoms with E-state index >= 15 is 0 Å². The minimum Gasteiger partial charge on any atom is -0.497 e. The Labute approximate surface area is 199 Å². The fourth-order valence-corrected chi connectivity index (χ4v) is 8.06. The monoisotopic (exact) mass is 444 g/mol. The number of hydrogen-bond donors (Lipinski definition) is 2. The molecule has 7 rings (SSSR count). The Morgan fingerprint density at radius 1 is 0.970 bits per heavy atom. The summed E-state index contributed by atoms with van der Waals surface area (Å²) < 4.78 is 5.54. The lowest BCUT2D eigenvalue weighted by Crippen LogP contribution is -2.54. The number of benzene rings is 2. The van der Waals surface area contributed by atoms with Gasteiger partial charge in [-0.05, 0) is 110 Å². The van der Waals surface area contributed by atoms with Crippen molar-refractivity contribution in [2.75, 3.05) is 12.4 Å². The van der Waals surface area contributed by atoms with Crippen LogP contribution in [0.2, 0.25) is 0 Å². The van der Waals surface area contributed by atoms with Crippen molar-refractivity contribution in [3.8, 4) is 5.75 Å². The van der Waals surface area contributed by atoms with Gasteiger partial charge in [0.1, 0.15) is 5.75 Å². The summed E-state index contributed by atoms with van der Waals surface area (Å²) in [6, 6.07) is 16.8. The normalized spacial score (nSPS) is 34.2. The largest absolute Gasteiger partial charge is 0.497 e. The molecule has 4 saturated carbocycles. The second-order valence-corrected chi connectivity index (χ2v) is 11.7. The van der Waals surface area contributed by atoms with Crippen molar-refractivity contribution in [2.45, 2.75) is 88.8 Å². The van der Waals surface area contributed by atoms with E-state index in [1.807, 2.05) is 0 Å². The van der Waals surface area contributed by atoms with Crippen molar-refractivity contribution in [3.63, 3.8) is 0 Å². The first-order chi connectivity index (χ1) is 16.1. The molecule has 33 heavy (non-hydrogen) atoms. The number of anilines is 1. The minimum atomic E-state index is 0.259. The van der Waals surface area contributed by atoms with E-state index in [9.17, 15) is 0 Å². The van der Waals surface area contributed by atoms with Gasteiger partial charge in [-0.25, -0.2) is 0 Å². The van der Waals surface area contributed by atoms with Crippen molar-refractivity contribution in [1.29, 1.82) is 0 Å². The highest BCUT2D eigenvalue weighted by Gasteiger charge is 2.50. The minimum absolute atomic E-state index is 0.259. The van der Waals surface area contributed by atoms with Crippen LogP contribution in [0.15, 0.2) is 42.5 Å². The topological polar surface area (TPSA) is 33.3 Å². The first-order valence-corrected chi connectivity index (χ1v) is 13.4. The van der Waals surface area contributed by atoms with Crippen molar-refractivity contribution in [2.24, 2.45) is 17.8 Å². The summed E-state index contributed by atoms with van der Waals surface area (Å²) in [5.41, 5.74) is 5.90. The summed E-state index contributed by atoms with van der Waals surface area (Å²) in [5, 5.41) is 8.03. The molecule has 2 unspecified atom stereocenters. The summed E-state index contributed by atoms with van der Waals surface area (Å²) in [5.74, 6) is 3.90. The van der Waals surface area contributed by atoms with Crippen LogP contribution < -0.4 is 15.4 Å². The number of rotatable bonds is 7. The van der Waals surface area contributed by atoms with E-state index in [-0.39, 0.29) is 6.04 Å². The molecule has 2 aromatic rings. The van der Waals surface area contributed by atoms with Gasteiger partial charge in [0.05, 0.1) is 13.2 Å². The molecule has 176 valence electrons. The summed E-state index contributed by atoms with van der Waals surface area (Å²) in [4.78, 5) is 0. The van der Waals surface area contributed by atoms with Crippen LogP contribution >= 0.6 is 0 Å². The van der Waals surface area contributed by atoms with Gasteiger partial charge < -0.3 is 15.4 Å². The van der Waals surface area contributed by atoms with E-state index in [0.29, 0.717) is 11.6 Å². The Balaban J connectivity index is 1.23. The van der Waals surface area contributed by atoms with E-state index in [1.54, 1.807) is 7.11 Å². The van der Waals surface area contributed by atoms with Crippen LogP contribution in [0.4, 0.5) is 5.69 Å². The maximum absolute atomic E-state index is 5.54. The quantitative estimate of drug-likeness (QED) is 0.489. The van der Waals surface area contributed by atoms with Gasteiger partial charge in [-0.1, -0.05) is 38.0 Å². The summed E-state index contributed by atoms with van der Waals surface area (Å²) in [6.45, 7) is 2.28. The standard InChI is InChI=1S/C30H40N2O/c1-3-4-5-26-15-24-16-27(33-2)10-11-28(24)29(31-26)23-6-8-25(9-7-23)32-30-17-20-12-21(18-30)14-22(13-20)19-30/h6-11,16,20-22,26,29,31-32H,3-5,12-15,17-19H2,1-2H3. The van der Waals surface area contributed by atoms with E-state index in [1.165, 1.54) is 80.2 Å². The lowest BCUT2D eigenvalue weighted by atomic mass is 9.53. The van der Waals surface area contributed by atoms with Crippen LogP contribution in [0.3, 0.4) is 0 Å². The zero-order chi connectivity index (χ0) is 22.4. The Morgan fingerprint density at radius 3 is 2.30 bits per heavy atom. The number of ether oxygens (including phenoxy) is 1. The van der Waals surface area contributed by atoms with Gasteiger partial charge in [0.2, 0.25) is 0 Å². The maximum atomic E-state index is 5.54. The first kappa shape index (κ1) is 21.5. The molecule has 1 aliphatic heterocycles. The molecule has 2 N–H and O–H groups in total. The molecule has 4 fully saturated rings. The molecular formula is C30H40N2O. The molecule has 5 aliphatic rings. The lowest BCUT2D eigenvalue weighted by Gasteiger charge is -2.57. The van der Waals surface area contributed by atoms with Crippen LogP contribution in [-0.2, 0) is 6.42 Å². The van der Waals surface area contributed by atoms with Gasteiger partial charge in [-0.15, -0.1) is 0 Å². The average Bonchev–Trinajstić information content (AvgIpc) is 2.81. The number of unbranched alkanes of at least 4 members (excludes halogenated alkanes) is 1. The third-order valence-corrected chi connectivity index (χ3v) is 9.13. The molecule has 3 heteroatoms. The van der Waals surface area contributed by atoms with Crippen LogP contribution in [0, 0.1) is 17.8 Å². The lowest BCUT2D eigenvalue weighted by molar-refractivity contribution is 0.0107. The summed E-state index contributed by atoms with van der Waals surface area (Å²) in [7, 11) is 1.77. The van der Waals surface area contributed by atoms with Gasteiger partial charge >= 0.3 is 0 Å². The SMILES string of the molecule is CCCCC1Cc2cc(OC)ccc2C(c2ccc(NC34CC5CC(CC(C5)C3)C4)cc2)N1. The molecular weight excluding hydrogens is 404 g/mol. The predicted molar refractivity (Wildman–Crippen MR) is 136 cm³/mol. The summed E-state index contributed by atoms with van der Waals surface area (Å²) >= 11 is 0. The molecule has 2 atom stereocenters. The Kier molecular flexibility index (Phi) is 5.64. The van der Waals surface area contributed by atoms with E-state index in [0.717, 1.165) is 29.9 Å². The first-order valence-electron chi connectivity index (χ1n) is 13.4. The number of fused-ring (bicyclic) bond motifs is 1. The number of hydrogen-bond acceptors (Lipinski definition) is 3. The molecule has 1 heterocycles. The molecule has 0 radical (unpaired) electrons. The molecule has 0 amide bonds. The van der Waals surface area contributed by atoms with Gasteiger partial charge in [0.15, 0.2) is 0 Å². The van der Waals surface area contributed by atoms with Crippen LogP contribution in [0.1, 0.15) is 87.4 Å². The molecule has 0 spiro atoms. The van der Waals surface area contributed by atoms with Gasteiger partial charge in [-0.3, -0.25) is 0 Å². The molecule has 2 aromatic carbocycles. The second-order valence-electron chi connectivity index (χ2n) is 11.7. The van der Waals surface area contributed by atoms with Crippen molar-refractivity contribution in [1.82, 2.24) is 5.32 Å². The van der Waals surface area contributed by atoms with Gasteiger partial charge in [0, 0.05) is 17.3 Å². The highest BCUT2D eigenvalue weighted by Crippen LogP contribution is 2.56. The maximum Gasteiger partial charge on any atom is 0.119 e. The Morgan fingerprint density at radius 2 is 1.67 bits per heavy atom. The molecule has 0 aromatic heterocycles. The predicted octanol–water partition coefficient (Wildman–Crippen LogP) is 6.87. The molecule has 0 saturated heterocycles. The second kappa shape index (κ2) is 8.65. The van der Waals surface area contributed by atoms with E-state index < -0.39 is 0 Å². The van der Waals surface area contributed by atoms with Gasteiger partial charge in [0.25, 0.3) is 0 Å². The van der Waals surface area contributed by atoms with Gasteiger partial charge in [-0.2, -0.15) is 0 Å². The Bertz CT molecular complexity index is 946. The van der Waals surface area contributed by atoms with Crippen LogP contribution in [-0.4, -0.2) is 18.7 Å². The van der Waals surface area contributed by atoms with Crippen LogP contribution in [0.5, 0.6) is 5.75 Å². The molecule has 4 aliphatic carbocycles. The van der Waals surface area contributed by atoms with E-state index in [2.05, 4.69) is 60.0 Å². The fraction of sp³-hybridized carbons (Fsp3) is 0.600. The zero-order valence-electron chi connectivity index (χ0n) is 20.4. The number of nitrogens with one attached hydrogen (secondary N) is 2. The smallest absolute Gasteiger partial charge is 0.119 e. The summed E-state index contributed by atoms with van der Waals surface area (Å²) in [6.07, 6.45) is 13.5. The zero-order valence-corrected chi connectivity index (χ0v) is 20.4. The molecule has 4 bridgehead atoms. The van der Waals surface area contributed by atoms with Crippen molar-refractivity contribution < 1.29 is 4.74 Å². The average molecular weight is 445 g/mol. The van der Waals surface area contributed by atoms with Crippen molar-refractivity contribution >= 4 is 5.69 Å². The third-order valence-electron chi connectivity index (χ3n) is 9.13. The van der Waals surface area contributed by atoms with E-state index in [4.69, 9.17) is 4.74 Å². The van der Waals surface area contributed by atoms with Crippen molar-refractivity contribution in [3.05, 3.63) is 59.2 Å². The highest BCUT2D eigenvalue weighted by molar-refractivity contribution is 5.51. The van der Waals surface area contributed by atoms with Crippen LogP contribution in [0.25, 0.3) is 0 Å². The fourth-order valence-electron chi connectivity index (χ4n) is 8.06. The third kappa shape index (κ3) is 4.18.